The summed E-state index contributed by atoms with van der Waals surface area (Å²) in [6, 6.07) is 7.27. The molecule has 0 heterocycles. The maximum atomic E-state index is 13.1. The SMILES string of the molecule is CC(=O)c1cccc(NC(=O)C23C[C@@H]4C[C@@H](CC(Br)(C4)C2)C3)c1. The summed E-state index contributed by atoms with van der Waals surface area (Å²) in [5, 5.41) is 3.10. The molecule has 0 aliphatic heterocycles. The van der Waals surface area contributed by atoms with Crippen LogP contribution in [0.15, 0.2) is 24.3 Å². The smallest absolute Gasteiger partial charge is 0.230 e. The summed E-state index contributed by atoms with van der Waals surface area (Å²) < 4.78 is 0.176. The number of amides is 1. The highest BCUT2D eigenvalue weighted by atomic mass is 79.9. The van der Waals surface area contributed by atoms with Crippen LogP contribution < -0.4 is 5.32 Å². The fourth-order valence-corrected chi connectivity index (χ4v) is 6.95. The van der Waals surface area contributed by atoms with E-state index in [0.717, 1.165) is 24.9 Å². The molecular formula is C19H22BrNO2. The van der Waals surface area contributed by atoms with Crippen molar-refractivity contribution >= 4 is 33.3 Å². The van der Waals surface area contributed by atoms with Crippen molar-refractivity contribution in [3.63, 3.8) is 0 Å². The monoisotopic (exact) mass is 375 g/mol. The quantitative estimate of drug-likeness (QED) is 0.621. The molecule has 1 N–H and O–H groups in total. The number of alkyl halides is 1. The van der Waals surface area contributed by atoms with Gasteiger partial charge in [-0.05, 0) is 69.4 Å². The molecule has 4 bridgehead atoms. The van der Waals surface area contributed by atoms with Gasteiger partial charge < -0.3 is 5.32 Å². The first-order valence-corrected chi connectivity index (χ1v) is 9.28. The highest BCUT2D eigenvalue weighted by Crippen LogP contribution is 2.64. The van der Waals surface area contributed by atoms with E-state index < -0.39 is 0 Å². The third kappa shape index (κ3) is 2.65. The van der Waals surface area contributed by atoms with Crippen molar-refractivity contribution in [1.29, 1.82) is 0 Å². The van der Waals surface area contributed by atoms with Gasteiger partial charge in [-0.1, -0.05) is 28.1 Å². The molecule has 0 aromatic heterocycles. The first-order valence-electron chi connectivity index (χ1n) is 8.49. The predicted octanol–water partition coefficient (Wildman–Crippen LogP) is 4.56. The Labute approximate surface area is 145 Å². The van der Waals surface area contributed by atoms with E-state index in [1.54, 1.807) is 19.1 Å². The molecule has 4 aliphatic carbocycles. The van der Waals surface area contributed by atoms with Crippen molar-refractivity contribution < 1.29 is 9.59 Å². The lowest BCUT2D eigenvalue weighted by atomic mass is 9.49. The van der Waals surface area contributed by atoms with Crippen LogP contribution in [0.4, 0.5) is 5.69 Å². The maximum absolute atomic E-state index is 13.1. The molecule has 0 radical (unpaired) electrons. The zero-order chi connectivity index (χ0) is 16.2. The van der Waals surface area contributed by atoms with Gasteiger partial charge in [0.2, 0.25) is 5.91 Å². The summed E-state index contributed by atoms with van der Waals surface area (Å²) in [6.07, 6.45) is 6.73. The average molecular weight is 376 g/mol. The molecular weight excluding hydrogens is 354 g/mol. The highest BCUT2D eigenvalue weighted by molar-refractivity contribution is 9.10. The van der Waals surface area contributed by atoms with Crippen molar-refractivity contribution in [3.05, 3.63) is 29.8 Å². The van der Waals surface area contributed by atoms with Gasteiger partial charge in [-0.25, -0.2) is 0 Å². The Balaban J connectivity index is 1.58. The number of carbonyl (C=O) groups is 2. The molecule has 4 aliphatic rings. The van der Waals surface area contributed by atoms with E-state index >= 15 is 0 Å². The average Bonchev–Trinajstić information content (AvgIpc) is 2.44. The fourth-order valence-electron chi connectivity index (χ4n) is 5.50. The molecule has 2 unspecified atom stereocenters. The van der Waals surface area contributed by atoms with Gasteiger partial charge >= 0.3 is 0 Å². The molecule has 4 atom stereocenters. The zero-order valence-electron chi connectivity index (χ0n) is 13.4. The molecule has 122 valence electrons. The topological polar surface area (TPSA) is 46.2 Å². The summed E-state index contributed by atoms with van der Waals surface area (Å²) in [4.78, 5) is 24.6. The Morgan fingerprint density at radius 1 is 1.17 bits per heavy atom. The lowest BCUT2D eigenvalue weighted by Crippen LogP contribution is -2.57. The number of nitrogens with one attached hydrogen (secondary N) is 1. The zero-order valence-corrected chi connectivity index (χ0v) is 15.0. The van der Waals surface area contributed by atoms with Gasteiger partial charge in [0.1, 0.15) is 0 Å². The summed E-state index contributed by atoms with van der Waals surface area (Å²) in [6.45, 7) is 1.55. The van der Waals surface area contributed by atoms with Gasteiger partial charge in [-0.3, -0.25) is 9.59 Å². The summed E-state index contributed by atoms with van der Waals surface area (Å²) in [5.41, 5.74) is 1.16. The van der Waals surface area contributed by atoms with E-state index in [0.29, 0.717) is 17.4 Å². The second-order valence-corrected chi connectivity index (χ2v) is 9.67. The predicted molar refractivity (Wildman–Crippen MR) is 93.8 cm³/mol. The lowest BCUT2D eigenvalue weighted by molar-refractivity contribution is -0.138. The number of hydrogen-bond donors (Lipinski definition) is 1. The standard InChI is InChI=1S/C19H22BrNO2/c1-12(22)15-3-2-4-16(6-15)21-17(23)18-7-13-5-14(8-18)10-19(20,9-13)11-18/h2-4,6,13-14H,5,7-11H2,1H3,(H,21,23)/t13-,14+,18?,19?. The Morgan fingerprint density at radius 3 is 2.48 bits per heavy atom. The minimum atomic E-state index is -0.222. The number of benzene rings is 1. The Hall–Kier alpha value is -1.16. The Bertz CT molecular complexity index is 670. The molecule has 0 spiro atoms. The first-order chi connectivity index (χ1) is 10.9. The molecule has 1 aromatic rings. The van der Waals surface area contributed by atoms with E-state index in [-0.39, 0.29) is 21.4 Å². The third-order valence-electron chi connectivity index (χ3n) is 6.00. The van der Waals surface area contributed by atoms with Gasteiger partial charge in [-0.15, -0.1) is 0 Å². The number of carbonyl (C=O) groups excluding carboxylic acids is 2. The highest BCUT2D eigenvalue weighted by Gasteiger charge is 2.59. The van der Waals surface area contributed by atoms with Crippen LogP contribution in [0.25, 0.3) is 0 Å². The molecule has 5 rings (SSSR count). The summed E-state index contributed by atoms with van der Waals surface area (Å²) in [7, 11) is 0. The lowest BCUT2D eigenvalue weighted by Gasteiger charge is -2.59. The van der Waals surface area contributed by atoms with Crippen LogP contribution in [0.5, 0.6) is 0 Å². The molecule has 4 saturated carbocycles. The Morgan fingerprint density at radius 2 is 1.87 bits per heavy atom. The number of anilines is 1. The van der Waals surface area contributed by atoms with Crippen LogP contribution in [0.1, 0.15) is 55.8 Å². The van der Waals surface area contributed by atoms with Crippen molar-refractivity contribution in [2.75, 3.05) is 5.32 Å². The number of Topliss-reactive ketones (excluding diaryl/α,β-unsaturated/α-hetero) is 1. The molecule has 23 heavy (non-hydrogen) atoms. The van der Waals surface area contributed by atoms with Crippen molar-refractivity contribution in [1.82, 2.24) is 0 Å². The van der Waals surface area contributed by atoms with Gasteiger partial charge in [-0.2, -0.15) is 0 Å². The van der Waals surface area contributed by atoms with Gasteiger partial charge in [0.15, 0.2) is 5.78 Å². The van der Waals surface area contributed by atoms with E-state index in [4.69, 9.17) is 0 Å². The maximum Gasteiger partial charge on any atom is 0.230 e. The number of hydrogen-bond acceptors (Lipinski definition) is 2. The largest absolute Gasteiger partial charge is 0.326 e. The molecule has 3 nitrogen and oxygen atoms in total. The van der Waals surface area contributed by atoms with Crippen LogP contribution >= 0.6 is 15.9 Å². The van der Waals surface area contributed by atoms with Crippen molar-refractivity contribution in [2.45, 2.75) is 49.8 Å². The van der Waals surface area contributed by atoms with Gasteiger partial charge in [0.25, 0.3) is 0 Å². The van der Waals surface area contributed by atoms with E-state index in [1.165, 1.54) is 19.3 Å². The number of ketones is 1. The third-order valence-corrected chi connectivity index (χ3v) is 6.93. The molecule has 4 heteroatoms. The summed E-state index contributed by atoms with van der Waals surface area (Å²) >= 11 is 3.95. The first kappa shape index (κ1) is 15.4. The van der Waals surface area contributed by atoms with Crippen LogP contribution in [0.3, 0.4) is 0 Å². The minimum Gasteiger partial charge on any atom is -0.326 e. The van der Waals surface area contributed by atoms with Crippen LogP contribution in [-0.4, -0.2) is 16.0 Å². The molecule has 1 amide bonds. The molecule has 0 saturated heterocycles. The van der Waals surface area contributed by atoms with Gasteiger partial charge in [0, 0.05) is 15.6 Å². The van der Waals surface area contributed by atoms with E-state index in [9.17, 15) is 9.59 Å². The minimum absolute atomic E-state index is 0.0234. The molecule has 1 aromatic carbocycles. The molecule has 4 fully saturated rings. The summed E-state index contributed by atoms with van der Waals surface area (Å²) in [5.74, 6) is 1.54. The van der Waals surface area contributed by atoms with E-state index in [2.05, 4.69) is 21.2 Å². The van der Waals surface area contributed by atoms with Crippen LogP contribution in [0, 0.1) is 17.3 Å². The van der Waals surface area contributed by atoms with Crippen molar-refractivity contribution in [2.24, 2.45) is 17.3 Å². The Kier molecular flexibility index (Phi) is 3.45. The van der Waals surface area contributed by atoms with Crippen LogP contribution in [-0.2, 0) is 4.79 Å². The van der Waals surface area contributed by atoms with Crippen molar-refractivity contribution in [3.8, 4) is 0 Å². The number of rotatable bonds is 3. The second-order valence-electron chi connectivity index (χ2n) is 7.98. The van der Waals surface area contributed by atoms with E-state index in [1.807, 2.05) is 12.1 Å². The fraction of sp³-hybridized carbons (Fsp3) is 0.579. The van der Waals surface area contributed by atoms with Gasteiger partial charge in [0.05, 0.1) is 5.41 Å². The normalized spacial score (nSPS) is 37.7. The second kappa shape index (κ2) is 5.17. The van der Waals surface area contributed by atoms with Crippen LogP contribution in [0.2, 0.25) is 0 Å². The number of halogens is 1.